The number of H-pyrrole nitrogens is 1. The van der Waals surface area contributed by atoms with Crippen LogP contribution in [0.15, 0.2) is 29.1 Å². The fourth-order valence-electron chi connectivity index (χ4n) is 4.18. The Balaban J connectivity index is 1.77. The number of carbonyl (C=O) groups is 1. The lowest BCUT2D eigenvalue weighted by Gasteiger charge is -2.35. The number of anilines is 1. The van der Waals surface area contributed by atoms with Gasteiger partial charge in [-0.1, -0.05) is 0 Å². The van der Waals surface area contributed by atoms with E-state index in [-0.39, 0.29) is 28.8 Å². The summed E-state index contributed by atoms with van der Waals surface area (Å²) in [5.41, 5.74) is 2.64. The second kappa shape index (κ2) is 8.54. The summed E-state index contributed by atoms with van der Waals surface area (Å²) in [6.07, 6.45) is 3.47. The van der Waals surface area contributed by atoms with Crippen LogP contribution in [0, 0.1) is 13.8 Å². The van der Waals surface area contributed by atoms with Crippen molar-refractivity contribution >= 4 is 27.3 Å². The molecule has 176 valence electrons. The Kier molecular flexibility index (Phi) is 5.91. The molecule has 3 aromatic rings. The number of aromatic amines is 1. The van der Waals surface area contributed by atoms with Crippen LogP contribution in [-0.4, -0.2) is 53.7 Å². The van der Waals surface area contributed by atoms with Crippen molar-refractivity contribution in [2.75, 3.05) is 24.6 Å². The minimum absolute atomic E-state index is 0.176. The molecular formula is C22H27N5O5S. The summed E-state index contributed by atoms with van der Waals surface area (Å²) < 4.78 is 32.8. The first-order valence-corrected chi connectivity index (χ1v) is 12.5. The van der Waals surface area contributed by atoms with Gasteiger partial charge in [-0.3, -0.25) is 19.4 Å². The van der Waals surface area contributed by atoms with Crippen LogP contribution in [-0.2, 0) is 10.0 Å². The third-order valence-electron chi connectivity index (χ3n) is 5.98. The smallest absolute Gasteiger partial charge is 0.275 e. The molecule has 0 saturated carbocycles. The van der Waals surface area contributed by atoms with Crippen LogP contribution >= 0.6 is 0 Å². The van der Waals surface area contributed by atoms with Crippen LogP contribution in [0.3, 0.4) is 0 Å². The average Bonchev–Trinajstić information content (AvgIpc) is 3.20. The standard InChI is InChI=1S/C22H27N5O5S/c1-13-14(2)23-20-12-18(24-27(20)21(13)28)19-7-5-6-10-26(19)22(29)16-11-15(32-3)8-9-17(16)25-33(4,30)31/h8-9,11-12,19,24-25H,5-7,10H2,1-4H3. The summed E-state index contributed by atoms with van der Waals surface area (Å²) >= 11 is 0. The fourth-order valence-corrected chi connectivity index (χ4v) is 4.75. The van der Waals surface area contributed by atoms with Crippen LogP contribution in [0.2, 0.25) is 0 Å². The molecule has 0 bridgehead atoms. The van der Waals surface area contributed by atoms with Crippen LogP contribution in [0.1, 0.15) is 52.6 Å². The number of likely N-dealkylation sites (tertiary alicyclic amines) is 1. The number of piperidine rings is 1. The van der Waals surface area contributed by atoms with Gasteiger partial charge in [-0.05, 0) is 51.3 Å². The first kappa shape index (κ1) is 22.8. The molecule has 1 aliphatic rings. The number of hydrogen-bond acceptors (Lipinski definition) is 6. The van der Waals surface area contributed by atoms with Crippen molar-refractivity contribution < 1.29 is 17.9 Å². The number of nitrogens with one attached hydrogen (secondary N) is 2. The largest absolute Gasteiger partial charge is 0.497 e. The number of rotatable bonds is 5. The van der Waals surface area contributed by atoms with Crippen molar-refractivity contribution in [1.29, 1.82) is 0 Å². The quantitative estimate of drug-likeness (QED) is 0.586. The summed E-state index contributed by atoms with van der Waals surface area (Å²) in [7, 11) is -2.11. The van der Waals surface area contributed by atoms with E-state index >= 15 is 0 Å². The Morgan fingerprint density at radius 1 is 1.24 bits per heavy atom. The number of hydrogen-bond donors (Lipinski definition) is 2. The first-order chi connectivity index (χ1) is 15.6. The number of benzene rings is 1. The van der Waals surface area contributed by atoms with Gasteiger partial charge in [-0.25, -0.2) is 17.9 Å². The highest BCUT2D eigenvalue weighted by Gasteiger charge is 2.32. The molecule has 2 aromatic heterocycles. The lowest BCUT2D eigenvalue weighted by Crippen LogP contribution is -2.39. The van der Waals surface area contributed by atoms with E-state index in [0.29, 0.717) is 41.3 Å². The molecule has 11 heteroatoms. The van der Waals surface area contributed by atoms with E-state index < -0.39 is 10.0 Å². The van der Waals surface area contributed by atoms with Crippen LogP contribution in [0.25, 0.3) is 5.65 Å². The molecule has 1 amide bonds. The lowest BCUT2D eigenvalue weighted by atomic mass is 9.98. The molecule has 0 spiro atoms. The SMILES string of the molecule is COc1ccc(NS(C)(=O)=O)c(C(=O)N2CCCCC2c2cc3nc(C)c(C)c(=O)n3[nH]2)c1. The summed E-state index contributed by atoms with van der Waals surface area (Å²) in [4.78, 5) is 32.5. The van der Waals surface area contributed by atoms with Crippen LogP contribution in [0.4, 0.5) is 5.69 Å². The van der Waals surface area contributed by atoms with Crippen molar-refractivity contribution in [1.82, 2.24) is 19.5 Å². The molecule has 1 fully saturated rings. The molecule has 3 heterocycles. The van der Waals surface area contributed by atoms with Gasteiger partial charge in [-0.15, -0.1) is 0 Å². The number of aromatic nitrogens is 3. The molecule has 0 radical (unpaired) electrons. The molecule has 2 N–H and O–H groups in total. The van der Waals surface area contributed by atoms with Gasteiger partial charge in [0.2, 0.25) is 10.0 Å². The number of ether oxygens (including phenoxy) is 1. The van der Waals surface area contributed by atoms with Crippen LogP contribution in [0.5, 0.6) is 5.75 Å². The highest BCUT2D eigenvalue weighted by atomic mass is 32.2. The minimum atomic E-state index is -3.59. The Morgan fingerprint density at radius 3 is 2.70 bits per heavy atom. The topological polar surface area (TPSA) is 126 Å². The molecular weight excluding hydrogens is 446 g/mol. The third kappa shape index (κ3) is 4.45. The number of carbonyl (C=O) groups excluding carboxylic acids is 1. The lowest BCUT2D eigenvalue weighted by molar-refractivity contribution is 0.0606. The van der Waals surface area contributed by atoms with E-state index in [9.17, 15) is 18.0 Å². The number of nitrogens with zero attached hydrogens (tertiary/aromatic N) is 3. The monoisotopic (exact) mass is 473 g/mol. The number of methoxy groups -OCH3 is 1. The molecule has 0 aliphatic carbocycles. The van der Waals surface area contributed by atoms with Gasteiger partial charge in [0, 0.05) is 23.9 Å². The summed E-state index contributed by atoms with van der Waals surface area (Å²) in [6, 6.07) is 6.13. The second-order valence-corrected chi connectivity index (χ2v) is 10.1. The van der Waals surface area contributed by atoms with Gasteiger partial charge < -0.3 is 9.64 Å². The Hall–Kier alpha value is -3.34. The summed E-state index contributed by atoms with van der Waals surface area (Å²) in [6.45, 7) is 4.01. The molecule has 1 aromatic carbocycles. The van der Waals surface area contributed by atoms with E-state index in [4.69, 9.17) is 4.74 Å². The molecule has 10 nitrogen and oxygen atoms in total. The van der Waals surface area contributed by atoms with E-state index in [2.05, 4.69) is 14.8 Å². The van der Waals surface area contributed by atoms with Gasteiger partial charge in [-0.2, -0.15) is 0 Å². The highest BCUT2D eigenvalue weighted by Crippen LogP contribution is 2.34. The molecule has 1 aliphatic heterocycles. The fraction of sp³-hybridized carbons (Fsp3) is 0.409. The van der Waals surface area contributed by atoms with Gasteiger partial charge in [0.05, 0.1) is 36.4 Å². The van der Waals surface area contributed by atoms with Crippen molar-refractivity contribution in [3.63, 3.8) is 0 Å². The van der Waals surface area contributed by atoms with Crippen molar-refractivity contribution in [2.45, 2.75) is 39.2 Å². The van der Waals surface area contributed by atoms with Crippen molar-refractivity contribution in [3.8, 4) is 5.75 Å². The molecule has 1 unspecified atom stereocenters. The molecule has 33 heavy (non-hydrogen) atoms. The number of aryl methyl sites for hydroxylation is 1. The van der Waals surface area contributed by atoms with E-state index in [1.54, 1.807) is 30.9 Å². The Bertz CT molecular complexity index is 1390. The van der Waals surface area contributed by atoms with Gasteiger partial charge in [0.15, 0.2) is 5.65 Å². The van der Waals surface area contributed by atoms with E-state index in [0.717, 1.165) is 19.1 Å². The van der Waals surface area contributed by atoms with Crippen LogP contribution < -0.4 is 15.0 Å². The third-order valence-corrected chi connectivity index (χ3v) is 6.57. The Morgan fingerprint density at radius 2 is 2.00 bits per heavy atom. The molecule has 4 rings (SSSR count). The number of sulfonamides is 1. The Labute approximate surface area is 191 Å². The zero-order valence-corrected chi connectivity index (χ0v) is 19.8. The molecule has 1 atom stereocenters. The highest BCUT2D eigenvalue weighted by molar-refractivity contribution is 7.92. The average molecular weight is 474 g/mol. The van der Waals surface area contributed by atoms with E-state index in [1.807, 2.05) is 0 Å². The van der Waals surface area contributed by atoms with Gasteiger partial charge in [0.25, 0.3) is 11.5 Å². The predicted molar refractivity (Wildman–Crippen MR) is 124 cm³/mol. The maximum Gasteiger partial charge on any atom is 0.275 e. The maximum absolute atomic E-state index is 13.7. The summed E-state index contributed by atoms with van der Waals surface area (Å²) in [5, 5.41) is 3.12. The van der Waals surface area contributed by atoms with Crippen molar-refractivity contribution in [2.24, 2.45) is 0 Å². The van der Waals surface area contributed by atoms with E-state index in [1.165, 1.54) is 23.8 Å². The number of amides is 1. The first-order valence-electron chi connectivity index (χ1n) is 10.6. The minimum Gasteiger partial charge on any atom is -0.497 e. The zero-order chi connectivity index (χ0) is 23.9. The number of fused-ring (bicyclic) bond motifs is 1. The van der Waals surface area contributed by atoms with Gasteiger partial charge in [0.1, 0.15) is 5.75 Å². The zero-order valence-electron chi connectivity index (χ0n) is 19.0. The molecule has 1 saturated heterocycles. The maximum atomic E-state index is 13.7. The summed E-state index contributed by atoms with van der Waals surface area (Å²) in [5.74, 6) is 0.120. The van der Waals surface area contributed by atoms with Crippen molar-refractivity contribution in [3.05, 3.63) is 57.1 Å². The predicted octanol–water partition coefficient (Wildman–Crippen LogP) is 2.39. The van der Waals surface area contributed by atoms with Gasteiger partial charge >= 0.3 is 0 Å². The normalized spacial score (nSPS) is 16.7. The second-order valence-electron chi connectivity index (χ2n) is 8.33.